The summed E-state index contributed by atoms with van der Waals surface area (Å²) in [6, 6.07) is 13.5. The lowest BCUT2D eigenvalue weighted by Crippen LogP contribution is -2.32. The van der Waals surface area contributed by atoms with E-state index in [9.17, 15) is 9.59 Å². The molecule has 0 aliphatic rings. The van der Waals surface area contributed by atoms with E-state index < -0.39 is 0 Å². The minimum atomic E-state index is -0.356. The molecule has 0 unspecified atom stereocenters. The van der Waals surface area contributed by atoms with Gasteiger partial charge < -0.3 is 15.2 Å². The van der Waals surface area contributed by atoms with Gasteiger partial charge >= 0.3 is 0 Å². The summed E-state index contributed by atoms with van der Waals surface area (Å²) in [6.45, 7) is 1.77. The Kier molecular flexibility index (Phi) is 5.83. The first-order valence-electron chi connectivity index (χ1n) is 8.32. The number of halogens is 1. The molecular weight excluding hydrogens is 368 g/mol. The van der Waals surface area contributed by atoms with Crippen molar-refractivity contribution < 1.29 is 14.1 Å². The number of hydrogen-bond donors (Lipinski definition) is 2. The molecule has 7 nitrogen and oxygen atoms in total. The van der Waals surface area contributed by atoms with Crippen molar-refractivity contribution in [3.63, 3.8) is 0 Å². The largest absolute Gasteiger partial charge is 0.343 e. The first-order chi connectivity index (χ1) is 13.0. The van der Waals surface area contributed by atoms with Crippen LogP contribution in [-0.2, 0) is 11.2 Å². The SMILES string of the molecule is CCc1nc(-c2ccc(C(=O)NCC(=O)Nc3cccc(Cl)c3)cc2)no1. The molecule has 1 heterocycles. The lowest BCUT2D eigenvalue weighted by Gasteiger charge is -2.07. The van der Waals surface area contributed by atoms with E-state index in [1.165, 1.54) is 0 Å². The van der Waals surface area contributed by atoms with E-state index in [4.69, 9.17) is 16.1 Å². The number of nitrogens with one attached hydrogen (secondary N) is 2. The van der Waals surface area contributed by atoms with Gasteiger partial charge in [-0.3, -0.25) is 9.59 Å². The maximum atomic E-state index is 12.2. The monoisotopic (exact) mass is 384 g/mol. The maximum Gasteiger partial charge on any atom is 0.251 e. The van der Waals surface area contributed by atoms with E-state index in [-0.39, 0.29) is 18.4 Å². The summed E-state index contributed by atoms with van der Waals surface area (Å²) >= 11 is 5.87. The molecular formula is C19H17ClN4O3. The van der Waals surface area contributed by atoms with Crippen molar-refractivity contribution in [2.75, 3.05) is 11.9 Å². The van der Waals surface area contributed by atoms with Crippen LogP contribution < -0.4 is 10.6 Å². The zero-order valence-electron chi connectivity index (χ0n) is 14.5. The summed E-state index contributed by atoms with van der Waals surface area (Å²) < 4.78 is 5.07. The average Bonchev–Trinajstić information content (AvgIpc) is 3.15. The van der Waals surface area contributed by atoms with Gasteiger partial charge in [-0.05, 0) is 30.3 Å². The van der Waals surface area contributed by atoms with Gasteiger partial charge in [0.15, 0.2) is 0 Å². The molecule has 0 bridgehead atoms. The molecule has 0 fully saturated rings. The zero-order valence-corrected chi connectivity index (χ0v) is 15.3. The molecule has 0 atom stereocenters. The normalized spacial score (nSPS) is 10.4. The fraction of sp³-hybridized carbons (Fsp3) is 0.158. The predicted molar refractivity (Wildman–Crippen MR) is 102 cm³/mol. The molecule has 2 N–H and O–H groups in total. The van der Waals surface area contributed by atoms with E-state index in [0.29, 0.717) is 34.4 Å². The maximum absolute atomic E-state index is 12.2. The second-order valence-corrected chi connectivity index (χ2v) is 6.12. The van der Waals surface area contributed by atoms with E-state index in [2.05, 4.69) is 20.8 Å². The van der Waals surface area contributed by atoms with Crippen LogP contribution in [0.25, 0.3) is 11.4 Å². The Morgan fingerprint density at radius 2 is 1.93 bits per heavy atom. The van der Waals surface area contributed by atoms with Crippen molar-refractivity contribution in [1.82, 2.24) is 15.5 Å². The summed E-state index contributed by atoms with van der Waals surface area (Å²) in [7, 11) is 0. The molecule has 8 heteroatoms. The molecule has 0 saturated carbocycles. The van der Waals surface area contributed by atoms with Gasteiger partial charge in [0.1, 0.15) is 0 Å². The fourth-order valence-electron chi connectivity index (χ4n) is 2.32. The Labute approximate surface area is 160 Å². The van der Waals surface area contributed by atoms with Crippen LogP contribution in [0, 0.1) is 0 Å². The summed E-state index contributed by atoms with van der Waals surface area (Å²) in [5, 5.41) is 9.64. The minimum absolute atomic E-state index is 0.155. The van der Waals surface area contributed by atoms with Gasteiger partial charge in [0.25, 0.3) is 5.91 Å². The number of aromatic nitrogens is 2. The third-order valence-corrected chi connectivity index (χ3v) is 3.93. The first-order valence-corrected chi connectivity index (χ1v) is 8.69. The van der Waals surface area contributed by atoms with Gasteiger partial charge in [-0.25, -0.2) is 0 Å². The smallest absolute Gasteiger partial charge is 0.251 e. The van der Waals surface area contributed by atoms with E-state index >= 15 is 0 Å². The van der Waals surface area contributed by atoms with Crippen LogP contribution in [0.1, 0.15) is 23.2 Å². The van der Waals surface area contributed by atoms with Crippen LogP contribution in [0.3, 0.4) is 0 Å². The third kappa shape index (κ3) is 4.92. The summed E-state index contributed by atoms with van der Waals surface area (Å²) in [5.74, 6) is 0.323. The van der Waals surface area contributed by atoms with Gasteiger partial charge in [-0.1, -0.05) is 41.9 Å². The van der Waals surface area contributed by atoms with Gasteiger partial charge in [0, 0.05) is 28.3 Å². The van der Waals surface area contributed by atoms with Crippen LogP contribution in [0.15, 0.2) is 53.1 Å². The van der Waals surface area contributed by atoms with Gasteiger partial charge in [0.05, 0.1) is 6.54 Å². The number of rotatable bonds is 6. The highest BCUT2D eigenvalue weighted by Crippen LogP contribution is 2.17. The molecule has 0 aliphatic carbocycles. The third-order valence-electron chi connectivity index (χ3n) is 3.69. The Morgan fingerprint density at radius 3 is 2.59 bits per heavy atom. The van der Waals surface area contributed by atoms with Crippen LogP contribution in [0.4, 0.5) is 5.69 Å². The highest BCUT2D eigenvalue weighted by atomic mass is 35.5. The number of nitrogens with zero attached hydrogens (tertiary/aromatic N) is 2. The first kappa shape index (κ1) is 18.6. The van der Waals surface area contributed by atoms with Crippen LogP contribution in [0.5, 0.6) is 0 Å². The molecule has 138 valence electrons. The van der Waals surface area contributed by atoms with E-state index in [1.807, 2.05) is 6.92 Å². The molecule has 0 saturated heterocycles. The number of hydrogen-bond acceptors (Lipinski definition) is 5. The van der Waals surface area contributed by atoms with Crippen molar-refractivity contribution in [3.8, 4) is 11.4 Å². The average molecular weight is 385 g/mol. The van der Waals surface area contributed by atoms with Gasteiger partial charge in [-0.2, -0.15) is 4.98 Å². The molecule has 1 aromatic heterocycles. The van der Waals surface area contributed by atoms with Crippen molar-refractivity contribution in [2.45, 2.75) is 13.3 Å². The lowest BCUT2D eigenvalue weighted by atomic mass is 10.1. The molecule has 0 radical (unpaired) electrons. The molecule has 2 aromatic carbocycles. The van der Waals surface area contributed by atoms with Crippen LogP contribution in [-0.4, -0.2) is 28.5 Å². The quantitative estimate of drug-likeness (QED) is 0.679. The summed E-state index contributed by atoms with van der Waals surface area (Å²) in [6.07, 6.45) is 0.657. The molecule has 0 aliphatic heterocycles. The predicted octanol–water partition coefficient (Wildman–Crippen LogP) is 3.32. The molecule has 27 heavy (non-hydrogen) atoms. The Bertz CT molecular complexity index is 954. The highest BCUT2D eigenvalue weighted by molar-refractivity contribution is 6.30. The van der Waals surface area contributed by atoms with Gasteiger partial charge in [-0.15, -0.1) is 0 Å². The highest BCUT2D eigenvalue weighted by Gasteiger charge is 2.11. The second-order valence-electron chi connectivity index (χ2n) is 5.68. The fourth-order valence-corrected chi connectivity index (χ4v) is 2.51. The number of carbonyl (C=O) groups is 2. The van der Waals surface area contributed by atoms with Crippen molar-refractivity contribution in [2.24, 2.45) is 0 Å². The van der Waals surface area contributed by atoms with E-state index in [1.54, 1.807) is 48.5 Å². The van der Waals surface area contributed by atoms with Crippen LogP contribution in [0.2, 0.25) is 5.02 Å². The Morgan fingerprint density at radius 1 is 1.15 bits per heavy atom. The summed E-state index contributed by atoms with van der Waals surface area (Å²) in [5.41, 5.74) is 1.74. The standard InChI is InChI=1S/C19H17ClN4O3/c1-2-17-23-18(24-27-17)12-6-8-13(9-7-12)19(26)21-11-16(25)22-15-5-3-4-14(20)10-15/h3-10H,2,11H2,1H3,(H,21,26)(H,22,25). The van der Waals surface area contributed by atoms with Gasteiger partial charge in [0.2, 0.25) is 17.6 Å². The van der Waals surface area contributed by atoms with Crippen LogP contribution >= 0.6 is 11.6 Å². The lowest BCUT2D eigenvalue weighted by molar-refractivity contribution is -0.115. The number of carbonyl (C=O) groups excluding carboxylic acids is 2. The molecule has 3 rings (SSSR count). The topological polar surface area (TPSA) is 97.1 Å². The van der Waals surface area contributed by atoms with Crippen molar-refractivity contribution in [1.29, 1.82) is 0 Å². The number of amides is 2. The molecule has 3 aromatic rings. The zero-order chi connectivity index (χ0) is 19.2. The summed E-state index contributed by atoms with van der Waals surface area (Å²) in [4.78, 5) is 28.4. The number of anilines is 1. The van der Waals surface area contributed by atoms with E-state index in [0.717, 1.165) is 5.56 Å². The Balaban J connectivity index is 1.55. The van der Waals surface area contributed by atoms with Crippen molar-refractivity contribution >= 4 is 29.1 Å². The number of benzene rings is 2. The molecule has 0 spiro atoms. The Hall–Kier alpha value is -3.19. The second kappa shape index (κ2) is 8.46. The minimum Gasteiger partial charge on any atom is -0.343 e. The molecule has 2 amide bonds. The number of aryl methyl sites for hydroxylation is 1. The van der Waals surface area contributed by atoms with Crippen molar-refractivity contribution in [3.05, 3.63) is 65.0 Å².